The summed E-state index contributed by atoms with van der Waals surface area (Å²) in [4.78, 5) is 11.3. The Hall–Kier alpha value is -2.39. The van der Waals surface area contributed by atoms with E-state index in [2.05, 4.69) is 9.82 Å². The highest BCUT2D eigenvalue weighted by molar-refractivity contribution is 7.90. The summed E-state index contributed by atoms with van der Waals surface area (Å²) in [6.07, 6.45) is 4.44. The van der Waals surface area contributed by atoms with Gasteiger partial charge in [0.25, 0.3) is 0 Å². The summed E-state index contributed by atoms with van der Waals surface area (Å²) >= 11 is 0. The van der Waals surface area contributed by atoms with Crippen LogP contribution in [0.2, 0.25) is 0 Å². The number of aromatic nitrogens is 2. The topological polar surface area (TPSA) is 105 Å². The molecule has 8 nitrogen and oxygen atoms in total. The van der Waals surface area contributed by atoms with E-state index in [0.717, 1.165) is 19.3 Å². The highest BCUT2D eigenvalue weighted by Gasteiger charge is 2.43. The molecule has 0 radical (unpaired) electrons. The zero-order valence-electron chi connectivity index (χ0n) is 14.3. The van der Waals surface area contributed by atoms with Crippen LogP contribution in [0.3, 0.4) is 0 Å². The fourth-order valence-corrected chi connectivity index (χ4v) is 5.48. The van der Waals surface area contributed by atoms with Gasteiger partial charge in [-0.3, -0.25) is 9.40 Å². The van der Waals surface area contributed by atoms with Crippen LogP contribution in [0.4, 0.5) is 5.69 Å². The number of benzene rings is 1. The molecule has 1 aliphatic carbocycles. The molecule has 2 atom stereocenters. The van der Waals surface area contributed by atoms with Gasteiger partial charge in [-0.2, -0.15) is 17.8 Å². The second-order valence-electron chi connectivity index (χ2n) is 6.96. The average molecular weight is 376 g/mol. The van der Waals surface area contributed by atoms with Crippen LogP contribution in [0.25, 0.3) is 11.3 Å². The van der Waals surface area contributed by atoms with E-state index >= 15 is 0 Å². The second kappa shape index (κ2) is 6.10. The van der Waals surface area contributed by atoms with E-state index in [0.29, 0.717) is 29.4 Å². The molecule has 2 aromatic rings. The van der Waals surface area contributed by atoms with E-state index < -0.39 is 16.2 Å². The number of hydrogen-bond donors (Lipinski definition) is 2. The third-order valence-electron chi connectivity index (χ3n) is 5.13. The number of hydrogen-bond acceptors (Lipinski definition) is 4. The molecule has 9 heteroatoms. The molecular weight excluding hydrogens is 356 g/mol. The van der Waals surface area contributed by atoms with Crippen LogP contribution in [-0.2, 0) is 17.3 Å². The van der Waals surface area contributed by atoms with Crippen molar-refractivity contribution in [3.63, 3.8) is 0 Å². The van der Waals surface area contributed by atoms with Crippen molar-refractivity contribution >= 4 is 21.9 Å². The summed E-state index contributed by atoms with van der Waals surface area (Å²) in [5.74, 6) is -0.570. The minimum absolute atomic E-state index is 0.105. The number of carboxylic acids is 1. The van der Waals surface area contributed by atoms with Gasteiger partial charge in [-0.1, -0.05) is 12.1 Å². The highest BCUT2D eigenvalue weighted by Crippen LogP contribution is 2.39. The first-order valence-corrected chi connectivity index (χ1v) is 9.94. The van der Waals surface area contributed by atoms with Crippen molar-refractivity contribution in [2.24, 2.45) is 13.0 Å². The van der Waals surface area contributed by atoms with Crippen molar-refractivity contribution in [2.45, 2.75) is 25.3 Å². The lowest BCUT2D eigenvalue weighted by Gasteiger charge is -2.26. The molecule has 0 amide bonds. The van der Waals surface area contributed by atoms with Gasteiger partial charge in [0, 0.05) is 37.1 Å². The summed E-state index contributed by atoms with van der Waals surface area (Å²) in [5.41, 5.74) is 1.52. The van der Waals surface area contributed by atoms with Crippen LogP contribution < -0.4 is 4.72 Å². The van der Waals surface area contributed by atoms with E-state index in [4.69, 9.17) is 0 Å². The lowest BCUT2D eigenvalue weighted by molar-refractivity contribution is 0.0697. The van der Waals surface area contributed by atoms with Gasteiger partial charge in [0.1, 0.15) is 11.3 Å². The van der Waals surface area contributed by atoms with Gasteiger partial charge in [0.05, 0.1) is 0 Å². The number of carbonyl (C=O) groups is 1. The Morgan fingerprint density at radius 1 is 1.27 bits per heavy atom. The van der Waals surface area contributed by atoms with Crippen molar-refractivity contribution in [3.8, 4) is 11.3 Å². The first-order chi connectivity index (χ1) is 12.3. The first kappa shape index (κ1) is 17.0. The monoisotopic (exact) mass is 376 g/mol. The zero-order chi connectivity index (χ0) is 18.5. The number of carboxylic acid groups (broad SMARTS) is 1. The van der Waals surface area contributed by atoms with Crippen molar-refractivity contribution in [3.05, 3.63) is 36.0 Å². The standard InChI is InChI=1S/C17H20N4O4S/c1-20-10-15(17(22)23)16(18-20)12-3-5-13(6-4-12)19-26(24,25)21-9-11-2-7-14(21)8-11/h3-6,10-11,14,19H,2,7-9H2,1H3,(H,22,23). The Morgan fingerprint density at radius 2 is 2.00 bits per heavy atom. The molecule has 0 spiro atoms. The van der Waals surface area contributed by atoms with Gasteiger partial charge in [-0.15, -0.1) is 0 Å². The minimum atomic E-state index is -3.57. The third kappa shape index (κ3) is 2.97. The van der Waals surface area contributed by atoms with Gasteiger partial charge < -0.3 is 5.11 Å². The fraction of sp³-hybridized carbons (Fsp3) is 0.412. The van der Waals surface area contributed by atoms with Crippen molar-refractivity contribution in [2.75, 3.05) is 11.3 Å². The summed E-state index contributed by atoms with van der Waals surface area (Å²) in [5, 5.41) is 13.5. The maximum Gasteiger partial charge on any atom is 0.339 e. The number of aryl methyl sites for hydroxylation is 1. The smallest absolute Gasteiger partial charge is 0.339 e. The second-order valence-corrected chi connectivity index (χ2v) is 8.58. The van der Waals surface area contributed by atoms with Gasteiger partial charge in [0.2, 0.25) is 0 Å². The fourth-order valence-electron chi connectivity index (χ4n) is 3.94. The van der Waals surface area contributed by atoms with Crippen molar-refractivity contribution in [1.82, 2.24) is 14.1 Å². The molecule has 2 fully saturated rings. The van der Waals surface area contributed by atoms with E-state index in [1.807, 2.05) is 0 Å². The third-order valence-corrected chi connectivity index (χ3v) is 6.69. The molecule has 2 bridgehead atoms. The molecule has 2 N–H and O–H groups in total. The average Bonchev–Trinajstić information content (AvgIpc) is 3.30. The maximum atomic E-state index is 12.6. The quantitative estimate of drug-likeness (QED) is 0.830. The maximum absolute atomic E-state index is 12.6. The van der Waals surface area contributed by atoms with Crippen LogP contribution in [0.1, 0.15) is 29.6 Å². The Kier molecular flexibility index (Phi) is 4.00. The summed E-state index contributed by atoms with van der Waals surface area (Å²) < 4.78 is 30.9. The number of fused-ring (bicyclic) bond motifs is 2. The Balaban J connectivity index is 1.54. The Morgan fingerprint density at radius 3 is 2.58 bits per heavy atom. The number of rotatable bonds is 5. The van der Waals surface area contributed by atoms with E-state index in [9.17, 15) is 18.3 Å². The lowest BCUT2D eigenvalue weighted by Crippen LogP contribution is -2.41. The van der Waals surface area contributed by atoms with Crippen molar-refractivity contribution in [1.29, 1.82) is 0 Å². The highest BCUT2D eigenvalue weighted by atomic mass is 32.2. The molecule has 1 aromatic heterocycles. The lowest BCUT2D eigenvalue weighted by atomic mass is 10.1. The van der Waals surface area contributed by atoms with Crippen LogP contribution >= 0.6 is 0 Å². The van der Waals surface area contributed by atoms with Gasteiger partial charge >= 0.3 is 16.2 Å². The van der Waals surface area contributed by atoms with Crippen molar-refractivity contribution < 1.29 is 18.3 Å². The number of nitrogens with zero attached hydrogens (tertiary/aromatic N) is 3. The zero-order valence-corrected chi connectivity index (χ0v) is 15.1. The van der Waals surface area contributed by atoms with Crippen LogP contribution in [0.5, 0.6) is 0 Å². The van der Waals surface area contributed by atoms with Crippen LogP contribution in [0, 0.1) is 5.92 Å². The molecule has 2 heterocycles. The van der Waals surface area contributed by atoms with Gasteiger partial charge in [-0.25, -0.2) is 4.79 Å². The van der Waals surface area contributed by atoms with Crippen LogP contribution in [-0.4, -0.2) is 46.2 Å². The normalized spacial score (nSPS) is 22.7. The molecule has 1 saturated heterocycles. The van der Waals surface area contributed by atoms with E-state index in [-0.39, 0.29) is 11.6 Å². The minimum Gasteiger partial charge on any atom is -0.478 e. The SMILES string of the molecule is Cn1cc(C(=O)O)c(-c2ccc(NS(=O)(=O)N3CC4CCC3C4)cc2)n1. The molecule has 138 valence electrons. The van der Waals surface area contributed by atoms with E-state index in [1.165, 1.54) is 10.9 Å². The molecule has 1 aliphatic heterocycles. The van der Waals surface area contributed by atoms with Crippen LogP contribution in [0.15, 0.2) is 30.5 Å². The number of piperidine rings is 1. The molecule has 1 saturated carbocycles. The number of anilines is 1. The summed E-state index contributed by atoms with van der Waals surface area (Å²) in [6.45, 7) is 0.591. The van der Waals surface area contributed by atoms with Gasteiger partial charge in [-0.05, 0) is 37.3 Å². The predicted molar refractivity (Wildman–Crippen MR) is 96.0 cm³/mol. The molecule has 26 heavy (non-hydrogen) atoms. The van der Waals surface area contributed by atoms with E-state index in [1.54, 1.807) is 35.6 Å². The Labute approximate surface area is 151 Å². The summed E-state index contributed by atoms with van der Waals surface area (Å²) in [7, 11) is -1.91. The summed E-state index contributed by atoms with van der Waals surface area (Å²) in [6, 6.07) is 6.71. The first-order valence-electron chi connectivity index (χ1n) is 8.50. The Bertz CT molecular complexity index is 952. The largest absolute Gasteiger partial charge is 0.478 e. The number of aromatic carboxylic acids is 1. The predicted octanol–water partition coefficient (Wildman–Crippen LogP) is 1.93. The number of nitrogens with one attached hydrogen (secondary N) is 1. The molecule has 4 rings (SSSR count). The molecule has 2 unspecified atom stereocenters. The molecule has 1 aromatic carbocycles. The molecule has 2 aliphatic rings. The molecular formula is C17H20N4O4S. The van der Waals surface area contributed by atoms with Gasteiger partial charge in [0.15, 0.2) is 0 Å².